The first-order chi connectivity index (χ1) is 10.0. The van der Waals surface area contributed by atoms with Crippen molar-refractivity contribution < 1.29 is 14.6 Å². The average Bonchev–Trinajstić information content (AvgIpc) is 2.48. The van der Waals surface area contributed by atoms with Gasteiger partial charge in [0.2, 0.25) is 0 Å². The molecular formula is C16H18N2O3. The van der Waals surface area contributed by atoms with Crippen molar-refractivity contribution in [2.75, 3.05) is 19.9 Å². The number of amides is 1. The zero-order chi connectivity index (χ0) is 15.4. The van der Waals surface area contributed by atoms with Crippen LogP contribution in [0.25, 0.3) is 0 Å². The number of anilines is 1. The van der Waals surface area contributed by atoms with Crippen molar-refractivity contribution in [2.45, 2.75) is 6.54 Å². The third kappa shape index (κ3) is 3.25. The Bertz CT molecular complexity index is 656. The number of nitrogens with zero attached hydrogens (tertiary/aromatic N) is 1. The number of rotatable bonds is 4. The lowest BCUT2D eigenvalue weighted by atomic mass is 10.1. The van der Waals surface area contributed by atoms with Gasteiger partial charge in [0.25, 0.3) is 5.91 Å². The van der Waals surface area contributed by atoms with Gasteiger partial charge in [-0.1, -0.05) is 18.2 Å². The molecule has 5 nitrogen and oxygen atoms in total. The first-order valence-electron chi connectivity index (χ1n) is 6.48. The minimum atomic E-state index is -0.279. The smallest absolute Gasteiger partial charge is 0.257 e. The summed E-state index contributed by atoms with van der Waals surface area (Å²) in [5, 5.41) is 9.91. The fourth-order valence-corrected chi connectivity index (χ4v) is 2.03. The first kappa shape index (κ1) is 14.7. The van der Waals surface area contributed by atoms with Gasteiger partial charge in [0.05, 0.1) is 12.7 Å². The van der Waals surface area contributed by atoms with Gasteiger partial charge in [-0.15, -0.1) is 0 Å². The van der Waals surface area contributed by atoms with Crippen molar-refractivity contribution in [2.24, 2.45) is 0 Å². The van der Waals surface area contributed by atoms with Gasteiger partial charge in [0.1, 0.15) is 11.5 Å². The Morgan fingerprint density at radius 1 is 1.29 bits per heavy atom. The molecule has 0 aromatic heterocycles. The monoisotopic (exact) mass is 286 g/mol. The normalized spacial score (nSPS) is 10.2. The zero-order valence-electron chi connectivity index (χ0n) is 12.0. The van der Waals surface area contributed by atoms with Gasteiger partial charge in [-0.2, -0.15) is 0 Å². The van der Waals surface area contributed by atoms with E-state index in [4.69, 9.17) is 10.5 Å². The van der Waals surface area contributed by atoms with Crippen molar-refractivity contribution in [1.29, 1.82) is 0 Å². The Morgan fingerprint density at radius 3 is 2.62 bits per heavy atom. The largest absolute Gasteiger partial charge is 0.507 e. The molecule has 0 aliphatic carbocycles. The summed E-state index contributed by atoms with van der Waals surface area (Å²) in [7, 11) is 3.17. The van der Waals surface area contributed by atoms with E-state index in [0.717, 1.165) is 5.56 Å². The van der Waals surface area contributed by atoms with Gasteiger partial charge in [-0.25, -0.2) is 0 Å². The number of carbonyl (C=O) groups is 1. The molecule has 0 unspecified atom stereocenters. The summed E-state index contributed by atoms with van der Waals surface area (Å²) in [6.45, 7) is 0.372. The summed E-state index contributed by atoms with van der Waals surface area (Å²) in [6.07, 6.45) is 0. The van der Waals surface area contributed by atoms with Crippen LogP contribution in [0.5, 0.6) is 11.5 Å². The molecular weight excluding hydrogens is 268 g/mol. The van der Waals surface area contributed by atoms with E-state index in [1.165, 1.54) is 18.1 Å². The van der Waals surface area contributed by atoms with Crippen LogP contribution in [0.3, 0.4) is 0 Å². The summed E-state index contributed by atoms with van der Waals surface area (Å²) in [4.78, 5) is 13.9. The van der Waals surface area contributed by atoms with Crippen LogP contribution < -0.4 is 10.5 Å². The van der Waals surface area contributed by atoms with Crippen LogP contribution in [0.1, 0.15) is 15.9 Å². The van der Waals surface area contributed by atoms with Crippen LogP contribution in [0.2, 0.25) is 0 Å². The maximum absolute atomic E-state index is 12.4. The summed E-state index contributed by atoms with van der Waals surface area (Å²) in [6, 6.07) is 12.0. The van der Waals surface area contributed by atoms with E-state index in [-0.39, 0.29) is 17.2 Å². The fourth-order valence-electron chi connectivity index (χ4n) is 2.03. The van der Waals surface area contributed by atoms with Crippen LogP contribution in [0.4, 0.5) is 5.69 Å². The van der Waals surface area contributed by atoms with Gasteiger partial charge >= 0.3 is 0 Å². The molecule has 0 atom stereocenters. The molecule has 2 rings (SSSR count). The second-order valence-electron chi connectivity index (χ2n) is 4.74. The van der Waals surface area contributed by atoms with E-state index in [1.54, 1.807) is 25.2 Å². The van der Waals surface area contributed by atoms with Gasteiger partial charge in [0.15, 0.2) is 0 Å². The third-order valence-electron chi connectivity index (χ3n) is 3.24. The summed E-state index contributed by atoms with van der Waals surface area (Å²) < 4.78 is 5.00. The number of aromatic hydroxyl groups is 1. The van der Waals surface area contributed by atoms with Crippen molar-refractivity contribution in [3.63, 3.8) is 0 Å². The number of methoxy groups -OCH3 is 1. The molecule has 21 heavy (non-hydrogen) atoms. The highest BCUT2D eigenvalue weighted by Gasteiger charge is 2.17. The van der Waals surface area contributed by atoms with E-state index in [0.29, 0.717) is 18.0 Å². The van der Waals surface area contributed by atoms with Crippen LogP contribution in [0.15, 0.2) is 42.5 Å². The Hall–Kier alpha value is -2.69. The van der Waals surface area contributed by atoms with Gasteiger partial charge in [0, 0.05) is 25.3 Å². The number of carbonyl (C=O) groups excluding carboxylic acids is 1. The van der Waals surface area contributed by atoms with Gasteiger partial charge in [-0.05, 0) is 23.8 Å². The van der Waals surface area contributed by atoms with Crippen molar-refractivity contribution in [1.82, 2.24) is 4.90 Å². The maximum atomic E-state index is 12.4. The Labute approximate surface area is 123 Å². The van der Waals surface area contributed by atoms with Crippen LogP contribution >= 0.6 is 0 Å². The minimum Gasteiger partial charge on any atom is -0.507 e. The van der Waals surface area contributed by atoms with Crippen molar-refractivity contribution >= 4 is 11.6 Å². The summed E-state index contributed by atoms with van der Waals surface area (Å²) in [5.41, 5.74) is 7.60. The lowest BCUT2D eigenvalue weighted by molar-refractivity contribution is 0.0782. The highest BCUT2D eigenvalue weighted by atomic mass is 16.5. The molecule has 0 spiro atoms. The topological polar surface area (TPSA) is 75.8 Å². The van der Waals surface area contributed by atoms with Gasteiger partial charge in [-0.3, -0.25) is 4.79 Å². The quantitative estimate of drug-likeness (QED) is 0.845. The van der Waals surface area contributed by atoms with E-state index in [9.17, 15) is 9.90 Å². The standard InChI is InChI=1S/C16H18N2O3/c1-18(10-11-5-3-4-6-14(11)17)16(20)13-8-7-12(21-2)9-15(13)19/h3-9,19H,10,17H2,1-2H3. The van der Waals surface area contributed by atoms with Crippen molar-refractivity contribution in [3.8, 4) is 11.5 Å². The van der Waals surface area contributed by atoms with Gasteiger partial charge < -0.3 is 20.5 Å². The number of benzene rings is 2. The number of phenolic OH excluding ortho intramolecular Hbond substituents is 1. The number of nitrogens with two attached hydrogens (primary N) is 1. The SMILES string of the molecule is COc1ccc(C(=O)N(C)Cc2ccccc2N)c(O)c1. The highest BCUT2D eigenvalue weighted by molar-refractivity contribution is 5.96. The van der Waals surface area contributed by atoms with Crippen molar-refractivity contribution in [3.05, 3.63) is 53.6 Å². The Balaban J connectivity index is 2.18. The predicted octanol–water partition coefficient (Wildman–Crippen LogP) is 2.26. The number of hydrogen-bond acceptors (Lipinski definition) is 4. The lowest BCUT2D eigenvalue weighted by Gasteiger charge is -2.19. The van der Waals surface area contributed by atoms with E-state index < -0.39 is 0 Å². The second kappa shape index (κ2) is 6.17. The molecule has 5 heteroatoms. The molecule has 0 radical (unpaired) electrons. The number of phenols is 1. The molecule has 3 N–H and O–H groups in total. The number of para-hydroxylation sites is 1. The molecule has 2 aromatic rings. The Morgan fingerprint density at radius 2 is 2.00 bits per heavy atom. The highest BCUT2D eigenvalue weighted by Crippen LogP contribution is 2.25. The Kier molecular flexibility index (Phi) is 4.33. The minimum absolute atomic E-state index is 0.104. The number of nitrogen functional groups attached to an aromatic ring is 1. The molecule has 2 aromatic carbocycles. The molecule has 1 amide bonds. The van der Waals surface area contributed by atoms with E-state index in [1.807, 2.05) is 18.2 Å². The fraction of sp³-hybridized carbons (Fsp3) is 0.188. The summed E-state index contributed by atoms with van der Waals surface area (Å²) >= 11 is 0. The lowest BCUT2D eigenvalue weighted by Crippen LogP contribution is -2.26. The molecule has 0 saturated carbocycles. The van der Waals surface area contributed by atoms with Crippen LogP contribution in [-0.4, -0.2) is 30.1 Å². The molecule has 0 aliphatic rings. The molecule has 0 saturated heterocycles. The van der Waals surface area contributed by atoms with Crippen LogP contribution in [-0.2, 0) is 6.54 Å². The number of hydrogen-bond donors (Lipinski definition) is 2. The first-order valence-corrected chi connectivity index (χ1v) is 6.48. The number of ether oxygens (including phenoxy) is 1. The molecule has 0 fully saturated rings. The van der Waals surface area contributed by atoms with E-state index >= 15 is 0 Å². The van der Waals surface area contributed by atoms with E-state index in [2.05, 4.69) is 0 Å². The predicted molar refractivity (Wildman–Crippen MR) is 81.3 cm³/mol. The molecule has 0 aliphatic heterocycles. The maximum Gasteiger partial charge on any atom is 0.257 e. The molecule has 0 bridgehead atoms. The summed E-state index contributed by atoms with van der Waals surface area (Å²) in [5.74, 6) is 0.115. The second-order valence-corrected chi connectivity index (χ2v) is 4.74. The van der Waals surface area contributed by atoms with Crippen LogP contribution in [0, 0.1) is 0 Å². The molecule has 110 valence electrons. The average molecular weight is 286 g/mol. The zero-order valence-corrected chi connectivity index (χ0v) is 12.0. The molecule has 0 heterocycles. The third-order valence-corrected chi connectivity index (χ3v) is 3.24.